The second-order valence-electron chi connectivity index (χ2n) is 7.20. The van der Waals surface area contributed by atoms with Crippen molar-refractivity contribution < 1.29 is 19.5 Å². The lowest BCUT2D eigenvalue weighted by Crippen LogP contribution is -2.43. The maximum atomic E-state index is 12.5. The van der Waals surface area contributed by atoms with Gasteiger partial charge in [-0.15, -0.1) is 0 Å². The maximum absolute atomic E-state index is 12.5. The van der Waals surface area contributed by atoms with Crippen LogP contribution in [0.15, 0.2) is 24.3 Å². The molecular formula is C20H28N2O4. The number of rotatable bonds is 7. The number of hydrogen-bond acceptors (Lipinski definition) is 3. The minimum Gasteiger partial charge on any atom is -0.481 e. The molecule has 1 aromatic carbocycles. The van der Waals surface area contributed by atoms with Crippen molar-refractivity contribution in [1.29, 1.82) is 0 Å². The van der Waals surface area contributed by atoms with Crippen LogP contribution >= 0.6 is 0 Å². The molecule has 6 heteroatoms. The molecule has 2 rings (SSSR count). The van der Waals surface area contributed by atoms with Gasteiger partial charge >= 0.3 is 5.97 Å². The Morgan fingerprint density at radius 1 is 1.27 bits per heavy atom. The molecule has 0 saturated carbocycles. The van der Waals surface area contributed by atoms with Crippen molar-refractivity contribution in [3.63, 3.8) is 0 Å². The molecule has 2 N–H and O–H groups in total. The second-order valence-corrected chi connectivity index (χ2v) is 7.20. The number of carboxylic acids is 1. The molecule has 4 unspecified atom stereocenters. The molecule has 142 valence electrons. The van der Waals surface area contributed by atoms with Crippen molar-refractivity contribution >= 4 is 23.5 Å². The first-order valence-electron chi connectivity index (χ1n) is 9.18. The monoisotopic (exact) mass is 360 g/mol. The molecule has 6 nitrogen and oxygen atoms in total. The highest BCUT2D eigenvalue weighted by molar-refractivity contribution is 6.01. The van der Waals surface area contributed by atoms with Crippen molar-refractivity contribution in [3.8, 4) is 0 Å². The predicted octanol–water partition coefficient (Wildman–Crippen LogP) is 2.78. The van der Waals surface area contributed by atoms with Crippen molar-refractivity contribution in [2.24, 2.45) is 11.8 Å². The number of aliphatic carboxylic acids is 1. The first-order valence-corrected chi connectivity index (χ1v) is 9.18. The average Bonchev–Trinajstić information content (AvgIpc) is 3.01. The van der Waals surface area contributed by atoms with Gasteiger partial charge in [0.2, 0.25) is 11.8 Å². The summed E-state index contributed by atoms with van der Waals surface area (Å²) in [5.41, 5.74) is 1.98. The van der Waals surface area contributed by atoms with Gasteiger partial charge in [-0.2, -0.15) is 0 Å². The van der Waals surface area contributed by atoms with E-state index in [1.165, 1.54) is 0 Å². The van der Waals surface area contributed by atoms with Crippen molar-refractivity contribution in [2.75, 3.05) is 11.4 Å². The molecular weight excluding hydrogens is 332 g/mol. The maximum Gasteiger partial charge on any atom is 0.308 e. The SMILES string of the molecule is CCC(C)c1ccccc1N1CC(C(=O)NC(C)C(C)C(=O)O)CC1=O. The van der Waals surface area contributed by atoms with E-state index in [4.69, 9.17) is 5.11 Å². The summed E-state index contributed by atoms with van der Waals surface area (Å²) >= 11 is 0. The Morgan fingerprint density at radius 2 is 1.92 bits per heavy atom. The van der Waals surface area contributed by atoms with E-state index in [1.807, 2.05) is 24.3 Å². The van der Waals surface area contributed by atoms with Crippen LogP contribution in [0.5, 0.6) is 0 Å². The van der Waals surface area contributed by atoms with Gasteiger partial charge in [-0.3, -0.25) is 14.4 Å². The number of nitrogens with one attached hydrogen (secondary N) is 1. The zero-order valence-corrected chi connectivity index (χ0v) is 15.9. The van der Waals surface area contributed by atoms with Gasteiger partial charge in [0.25, 0.3) is 0 Å². The summed E-state index contributed by atoms with van der Waals surface area (Å²) in [5, 5.41) is 11.8. The summed E-state index contributed by atoms with van der Waals surface area (Å²) < 4.78 is 0. The molecule has 26 heavy (non-hydrogen) atoms. The second kappa shape index (κ2) is 8.34. The molecule has 1 aliphatic rings. The molecule has 1 fully saturated rings. The lowest BCUT2D eigenvalue weighted by molar-refractivity contribution is -0.142. The lowest BCUT2D eigenvalue weighted by Gasteiger charge is -2.23. The zero-order chi connectivity index (χ0) is 19.4. The van der Waals surface area contributed by atoms with Crippen molar-refractivity contribution in [3.05, 3.63) is 29.8 Å². The van der Waals surface area contributed by atoms with Gasteiger partial charge in [0.05, 0.1) is 11.8 Å². The summed E-state index contributed by atoms with van der Waals surface area (Å²) in [6, 6.07) is 7.33. The van der Waals surface area contributed by atoms with Crippen LogP contribution in [0.25, 0.3) is 0 Å². The number of hydrogen-bond donors (Lipinski definition) is 2. The number of para-hydroxylation sites is 1. The Labute approximate surface area is 154 Å². The fourth-order valence-electron chi connectivity index (χ4n) is 3.17. The Hall–Kier alpha value is -2.37. The third-order valence-corrected chi connectivity index (χ3v) is 5.38. The minimum atomic E-state index is -0.954. The fraction of sp³-hybridized carbons (Fsp3) is 0.550. The third-order valence-electron chi connectivity index (χ3n) is 5.38. The number of anilines is 1. The van der Waals surface area contributed by atoms with Crippen LogP contribution in [-0.4, -0.2) is 35.5 Å². The largest absolute Gasteiger partial charge is 0.481 e. The third kappa shape index (κ3) is 4.23. The van der Waals surface area contributed by atoms with E-state index in [0.29, 0.717) is 12.5 Å². The van der Waals surface area contributed by atoms with Crippen molar-refractivity contribution in [1.82, 2.24) is 5.32 Å². The number of carbonyl (C=O) groups is 3. The quantitative estimate of drug-likeness (QED) is 0.783. The summed E-state index contributed by atoms with van der Waals surface area (Å²) in [5.74, 6) is -2.11. The molecule has 1 saturated heterocycles. The molecule has 0 aliphatic carbocycles. The summed E-state index contributed by atoms with van der Waals surface area (Å²) in [6.45, 7) is 7.78. The van der Waals surface area contributed by atoms with Crippen LogP contribution in [-0.2, 0) is 14.4 Å². The normalized spacial score (nSPS) is 20.5. The first-order chi connectivity index (χ1) is 12.3. The molecule has 0 bridgehead atoms. The Kier molecular flexibility index (Phi) is 6.40. The minimum absolute atomic E-state index is 0.0696. The van der Waals surface area contributed by atoms with Gasteiger partial charge in [-0.1, -0.05) is 32.0 Å². The predicted molar refractivity (Wildman–Crippen MR) is 100 cm³/mol. The Morgan fingerprint density at radius 3 is 2.54 bits per heavy atom. The number of carbonyl (C=O) groups excluding carboxylic acids is 2. The van der Waals surface area contributed by atoms with E-state index >= 15 is 0 Å². The summed E-state index contributed by atoms with van der Waals surface area (Å²) in [6.07, 6.45) is 1.11. The van der Waals surface area contributed by atoms with Gasteiger partial charge in [-0.05, 0) is 37.8 Å². The molecule has 1 heterocycles. The van der Waals surface area contributed by atoms with Crippen LogP contribution < -0.4 is 10.2 Å². The highest BCUT2D eigenvalue weighted by Crippen LogP contribution is 2.33. The van der Waals surface area contributed by atoms with E-state index in [-0.39, 0.29) is 18.2 Å². The Balaban J connectivity index is 2.12. The van der Waals surface area contributed by atoms with Crippen LogP contribution in [0.3, 0.4) is 0 Å². The molecule has 2 amide bonds. The summed E-state index contributed by atoms with van der Waals surface area (Å²) in [7, 11) is 0. The summed E-state index contributed by atoms with van der Waals surface area (Å²) in [4.78, 5) is 37.8. The van der Waals surface area contributed by atoms with Crippen molar-refractivity contribution in [2.45, 2.75) is 52.5 Å². The van der Waals surface area contributed by atoms with Crippen LogP contribution in [0.2, 0.25) is 0 Å². The van der Waals surface area contributed by atoms with Gasteiger partial charge in [0.15, 0.2) is 0 Å². The smallest absolute Gasteiger partial charge is 0.308 e. The van der Waals surface area contributed by atoms with Crippen LogP contribution in [0, 0.1) is 11.8 Å². The van der Waals surface area contributed by atoms with E-state index < -0.39 is 23.8 Å². The number of nitrogens with zero attached hydrogens (tertiary/aromatic N) is 1. The Bertz CT molecular complexity index is 688. The van der Waals surface area contributed by atoms with Gasteiger partial charge < -0.3 is 15.3 Å². The number of carboxylic acid groups (broad SMARTS) is 1. The van der Waals surface area contributed by atoms with Gasteiger partial charge in [0, 0.05) is 24.7 Å². The average molecular weight is 360 g/mol. The van der Waals surface area contributed by atoms with E-state index in [9.17, 15) is 14.4 Å². The fourth-order valence-corrected chi connectivity index (χ4v) is 3.17. The number of benzene rings is 1. The molecule has 0 radical (unpaired) electrons. The number of amides is 2. The van der Waals surface area contributed by atoms with Gasteiger partial charge in [0.1, 0.15) is 0 Å². The molecule has 4 atom stereocenters. The molecule has 1 aliphatic heterocycles. The van der Waals surface area contributed by atoms with E-state index in [1.54, 1.807) is 18.7 Å². The van der Waals surface area contributed by atoms with Gasteiger partial charge in [-0.25, -0.2) is 0 Å². The van der Waals surface area contributed by atoms with E-state index in [0.717, 1.165) is 17.7 Å². The topological polar surface area (TPSA) is 86.7 Å². The highest BCUT2D eigenvalue weighted by atomic mass is 16.4. The van der Waals surface area contributed by atoms with E-state index in [2.05, 4.69) is 19.2 Å². The molecule has 1 aromatic rings. The standard InChI is InChI=1S/C20H28N2O4/c1-5-12(2)16-8-6-7-9-17(16)22-11-15(10-18(22)23)19(24)21-14(4)13(3)20(25)26/h6-9,12-15H,5,10-11H2,1-4H3,(H,21,24)(H,25,26). The molecule has 0 spiro atoms. The van der Waals surface area contributed by atoms with Crippen LogP contribution in [0.1, 0.15) is 52.0 Å². The highest BCUT2D eigenvalue weighted by Gasteiger charge is 2.37. The lowest BCUT2D eigenvalue weighted by atomic mass is 9.96. The molecule has 0 aromatic heterocycles. The van der Waals surface area contributed by atoms with Crippen LogP contribution in [0.4, 0.5) is 5.69 Å². The first kappa shape index (κ1) is 19.9. The zero-order valence-electron chi connectivity index (χ0n) is 15.9.